The molecule has 1 aromatic rings. The van der Waals surface area contributed by atoms with E-state index in [1.165, 1.54) is 13.8 Å². The molecule has 0 atom stereocenters. The number of hydrogen-bond acceptors (Lipinski definition) is 5. The van der Waals surface area contributed by atoms with Gasteiger partial charge in [-0.05, 0) is 20.3 Å². The van der Waals surface area contributed by atoms with Crippen molar-refractivity contribution in [2.75, 3.05) is 6.54 Å². The predicted molar refractivity (Wildman–Crippen MR) is 72.2 cm³/mol. The number of nitrogens with one attached hydrogen (secondary N) is 2. The van der Waals surface area contributed by atoms with E-state index < -0.39 is 23.3 Å². The van der Waals surface area contributed by atoms with Crippen molar-refractivity contribution in [3.8, 4) is 0 Å². The van der Waals surface area contributed by atoms with Crippen LogP contribution in [0.5, 0.6) is 0 Å². The van der Waals surface area contributed by atoms with Crippen molar-refractivity contribution in [2.24, 2.45) is 5.41 Å². The Balaban J connectivity index is 2.21. The first-order valence-electron chi connectivity index (χ1n) is 6.46. The zero-order valence-corrected chi connectivity index (χ0v) is 12.0. The second-order valence-corrected chi connectivity index (χ2v) is 5.19. The Kier molecular flexibility index (Phi) is 5.82. The highest BCUT2D eigenvalue weighted by molar-refractivity contribution is 5.96. The summed E-state index contributed by atoms with van der Waals surface area (Å²) < 4.78 is 1.63. The van der Waals surface area contributed by atoms with Crippen LogP contribution in [-0.2, 0) is 16.1 Å². The van der Waals surface area contributed by atoms with Gasteiger partial charge >= 0.3 is 12.0 Å². The fourth-order valence-electron chi connectivity index (χ4n) is 1.49. The highest BCUT2D eigenvalue weighted by Gasteiger charge is 2.30. The quantitative estimate of drug-likeness (QED) is 0.608. The van der Waals surface area contributed by atoms with Crippen molar-refractivity contribution < 1.29 is 19.5 Å². The first kappa shape index (κ1) is 16.6. The summed E-state index contributed by atoms with van der Waals surface area (Å²) in [6.07, 6.45) is 3.63. The standard InChI is InChI=1S/C12H19N5O4/c1-12(2,10(19)20)8-9(18)15-11(21)13-4-3-6-17-7-5-14-16-17/h5,7H,3-4,6,8H2,1-2H3,(H,19,20)(H2,13,15,18,21). The van der Waals surface area contributed by atoms with Crippen LogP contribution in [0.25, 0.3) is 0 Å². The number of rotatable bonds is 7. The summed E-state index contributed by atoms with van der Waals surface area (Å²) in [4.78, 5) is 33.9. The summed E-state index contributed by atoms with van der Waals surface area (Å²) in [5.41, 5.74) is -1.21. The smallest absolute Gasteiger partial charge is 0.321 e. The molecule has 9 heteroatoms. The normalized spacial score (nSPS) is 11.0. The van der Waals surface area contributed by atoms with E-state index in [-0.39, 0.29) is 6.42 Å². The summed E-state index contributed by atoms with van der Waals surface area (Å²) in [5, 5.41) is 20.9. The number of carbonyl (C=O) groups is 3. The highest BCUT2D eigenvalue weighted by Crippen LogP contribution is 2.19. The second-order valence-electron chi connectivity index (χ2n) is 5.19. The van der Waals surface area contributed by atoms with Crippen molar-refractivity contribution in [3.63, 3.8) is 0 Å². The lowest BCUT2D eigenvalue weighted by Gasteiger charge is -2.17. The van der Waals surface area contributed by atoms with E-state index in [0.29, 0.717) is 19.5 Å². The van der Waals surface area contributed by atoms with Crippen LogP contribution in [-0.4, -0.2) is 44.6 Å². The van der Waals surface area contributed by atoms with E-state index in [4.69, 9.17) is 5.11 Å². The maximum Gasteiger partial charge on any atom is 0.321 e. The number of aliphatic carboxylic acids is 1. The zero-order valence-electron chi connectivity index (χ0n) is 12.0. The molecule has 0 aliphatic rings. The van der Waals surface area contributed by atoms with Crippen LogP contribution in [0.2, 0.25) is 0 Å². The lowest BCUT2D eigenvalue weighted by molar-refractivity contribution is -0.149. The maximum atomic E-state index is 11.5. The lowest BCUT2D eigenvalue weighted by atomic mass is 9.89. The van der Waals surface area contributed by atoms with Crippen LogP contribution in [0.15, 0.2) is 12.4 Å². The molecule has 3 amide bonds. The highest BCUT2D eigenvalue weighted by atomic mass is 16.4. The largest absolute Gasteiger partial charge is 0.481 e. The SMILES string of the molecule is CC(C)(CC(=O)NC(=O)NCCCn1ccnn1)C(=O)O. The van der Waals surface area contributed by atoms with Gasteiger partial charge in [0.15, 0.2) is 0 Å². The van der Waals surface area contributed by atoms with Crippen molar-refractivity contribution in [3.05, 3.63) is 12.4 Å². The van der Waals surface area contributed by atoms with Crippen LogP contribution in [0.4, 0.5) is 4.79 Å². The number of nitrogens with zero attached hydrogens (tertiary/aromatic N) is 3. The third-order valence-corrected chi connectivity index (χ3v) is 2.76. The van der Waals surface area contributed by atoms with Crippen LogP contribution < -0.4 is 10.6 Å². The van der Waals surface area contributed by atoms with Crippen LogP contribution in [0, 0.1) is 5.41 Å². The van der Waals surface area contributed by atoms with E-state index in [0.717, 1.165) is 0 Å². The van der Waals surface area contributed by atoms with Gasteiger partial charge in [0.05, 0.1) is 11.6 Å². The minimum absolute atomic E-state index is 0.269. The Morgan fingerprint density at radius 2 is 2.05 bits per heavy atom. The Labute approximate surface area is 121 Å². The van der Waals surface area contributed by atoms with E-state index in [9.17, 15) is 14.4 Å². The molecule has 0 aromatic carbocycles. The van der Waals surface area contributed by atoms with Gasteiger partial charge in [0.1, 0.15) is 0 Å². The molecule has 3 N–H and O–H groups in total. The van der Waals surface area contributed by atoms with Gasteiger partial charge < -0.3 is 10.4 Å². The van der Waals surface area contributed by atoms with Gasteiger partial charge in [0.25, 0.3) is 0 Å². The number of imide groups is 1. The van der Waals surface area contributed by atoms with E-state index >= 15 is 0 Å². The third-order valence-electron chi connectivity index (χ3n) is 2.76. The molecule has 0 aliphatic heterocycles. The molecule has 0 aliphatic carbocycles. The van der Waals surface area contributed by atoms with Gasteiger partial charge in [0.2, 0.25) is 5.91 Å². The van der Waals surface area contributed by atoms with E-state index in [1.54, 1.807) is 17.1 Å². The molecular formula is C12H19N5O4. The molecule has 0 spiro atoms. The molecular weight excluding hydrogens is 278 g/mol. The lowest BCUT2D eigenvalue weighted by Crippen LogP contribution is -2.42. The van der Waals surface area contributed by atoms with Crippen LogP contribution in [0.1, 0.15) is 26.7 Å². The molecule has 0 saturated carbocycles. The predicted octanol–water partition coefficient (Wildman–Crippen LogP) is -0.00510. The molecule has 0 unspecified atom stereocenters. The summed E-state index contributed by atoms with van der Waals surface area (Å²) in [6, 6.07) is -0.639. The minimum atomic E-state index is -1.21. The van der Waals surface area contributed by atoms with Crippen molar-refractivity contribution in [2.45, 2.75) is 33.2 Å². The molecule has 0 bridgehead atoms. The first-order chi connectivity index (χ1) is 9.81. The molecule has 1 rings (SSSR count). The summed E-state index contributed by atoms with van der Waals surface area (Å²) >= 11 is 0. The van der Waals surface area contributed by atoms with Gasteiger partial charge in [-0.15, -0.1) is 5.10 Å². The maximum absolute atomic E-state index is 11.5. The second kappa shape index (κ2) is 7.36. The average molecular weight is 297 g/mol. The van der Waals surface area contributed by atoms with Gasteiger partial charge in [-0.2, -0.15) is 0 Å². The monoisotopic (exact) mass is 297 g/mol. The van der Waals surface area contributed by atoms with Gasteiger partial charge in [-0.25, -0.2) is 4.79 Å². The zero-order chi connectivity index (χ0) is 15.9. The molecule has 0 saturated heterocycles. The summed E-state index contributed by atoms with van der Waals surface area (Å²) in [7, 11) is 0. The number of urea groups is 1. The molecule has 1 heterocycles. The first-order valence-corrected chi connectivity index (χ1v) is 6.46. The topological polar surface area (TPSA) is 126 Å². The number of aromatic nitrogens is 3. The van der Waals surface area contributed by atoms with Gasteiger partial charge in [0, 0.05) is 25.7 Å². The molecule has 9 nitrogen and oxygen atoms in total. The number of hydrogen-bond donors (Lipinski definition) is 3. The number of amides is 3. The molecule has 21 heavy (non-hydrogen) atoms. The minimum Gasteiger partial charge on any atom is -0.481 e. The fraction of sp³-hybridized carbons (Fsp3) is 0.583. The number of carbonyl (C=O) groups excluding carboxylic acids is 2. The summed E-state index contributed by atoms with van der Waals surface area (Å²) in [5.74, 6) is -1.72. The fourth-order valence-corrected chi connectivity index (χ4v) is 1.49. The van der Waals surface area contributed by atoms with Gasteiger partial charge in [-0.3, -0.25) is 19.6 Å². The van der Waals surface area contributed by atoms with Crippen LogP contribution >= 0.6 is 0 Å². The number of carboxylic acids is 1. The average Bonchev–Trinajstić information content (AvgIpc) is 2.86. The van der Waals surface area contributed by atoms with Crippen molar-refractivity contribution in [1.29, 1.82) is 0 Å². The van der Waals surface area contributed by atoms with Crippen molar-refractivity contribution >= 4 is 17.9 Å². The Hall–Kier alpha value is -2.45. The Morgan fingerprint density at radius 1 is 1.33 bits per heavy atom. The van der Waals surface area contributed by atoms with Crippen LogP contribution in [0.3, 0.4) is 0 Å². The third kappa shape index (κ3) is 6.02. The molecule has 116 valence electrons. The van der Waals surface area contributed by atoms with E-state index in [1.807, 2.05) is 0 Å². The summed E-state index contributed by atoms with van der Waals surface area (Å²) in [6.45, 7) is 3.80. The van der Waals surface area contributed by atoms with Crippen molar-refractivity contribution in [1.82, 2.24) is 25.6 Å². The number of carboxylic acid groups (broad SMARTS) is 1. The molecule has 1 aromatic heterocycles. The number of aryl methyl sites for hydroxylation is 1. The Morgan fingerprint density at radius 3 is 2.62 bits per heavy atom. The Bertz CT molecular complexity index is 498. The van der Waals surface area contributed by atoms with E-state index in [2.05, 4.69) is 20.9 Å². The molecule has 0 fully saturated rings. The van der Waals surface area contributed by atoms with Gasteiger partial charge in [-0.1, -0.05) is 5.21 Å². The molecule has 0 radical (unpaired) electrons.